The summed E-state index contributed by atoms with van der Waals surface area (Å²) in [5.41, 5.74) is 0.495. The number of rotatable bonds is 2. The average Bonchev–Trinajstić information content (AvgIpc) is 2.39. The third-order valence-corrected chi connectivity index (χ3v) is 3.24. The zero-order valence-electron chi connectivity index (χ0n) is 9.11. The van der Waals surface area contributed by atoms with E-state index >= 15 is 0 Å². The van der Waals surface area contributed by atoms with E-state index in [0.29, 0.717) is 26.1 Å². The standard InChI is InChI=1S/C14H14O2/c1-2-13(15)14(8-10-16-11-9-14)12-6-4-3-5-7-12/h1,3-7H,8-11H2. The summed E-state index contributed by atoms with van der Waals surface area (Å²) >= 11 is 0. The molecule has 16 heavy (non-hydrogen) atoms. The van der Waals surface area contributed by atoms with Crippen LogP contribution in [0.4, 0.5) is 0 Å². The molecule has 0 amide bonds. The minimum absolute atomic E-state index is 0.123. The van der Waals surface area contributed by atoms with Crippen molar-refractivity contribution in [3.05, 3.63) is 35.9 Å². The first-order valence-electron chi connectivity index (χ1n) is 5.44. The monoisotopic (exact) mass is 214 g/mol. The van der Waals surface area contributed by atoms with Crippen LogP contribution in [0.15, 0.2) is 30.3 Å². The van der Waals surface area contributed by atoms with Crippen LogP contribution in [0.5, 0.6) is 0 Å². The first kappa shape index (κ1) is 10.9. The Balaban J connectivity index is 2.43. The second-order valence-electron chi connectivity index (χ2n) is 4.03. The second-order valence-corrected chi connectivity index (χ2v) is 4.03. The molecule has 2 nitrogen and oxygen atoms in total. The van der Waals surface area contributed by atoms with Gasteiger partial charge in [0.1, 0.15) is 0 Å². The summed E-state index contributed by atoms with van der Waals surface area (Å²) in [6.45, 7) is 1.20. The zero-order valence-corrected chi connectivity index (χ0v) is 9.11. The molecule has 0 spiro atoms. The van der Waals surface area contributed by atoms with Crippen LogP contribution >= 0.6 is 0 Å². The van der Waals surface area contributed by atoms with Crippen molar-refractivity contribution in [1.82, 2.24) is 0 Å². The van der Waals surface area contributed by atoms with E-state index in [2.05, 4.69) is 5.92 Å². The Morgan fingerprint density at radius 1 is 1.25 bits per heavy atom. The van der Waals surface area contributed by atoms with Gasteiger partial charge in [0.05, 0.1) is 5.41 Å². The first-order chi connectivity index (χ1) is 7.79. The minimum Gasteiger partial charge on any atom is -0.381 e. The lowest BCUT2D eigenvalue weighted by Crippen LogP contribution is -2.40. The summed E-state index contributed by atoms with van der Waals surface area (Å²) in [5, 5.41) is 0. The lowest BCUT2D eigenvalue weighted by atomic mass is 9.71. The van der Waals surface area contributed by atoms with E-state index in [9.17, 15) is 4.79 Å². The van der Waals surface area contributed by atoms with Gasteiger partial charge in [-0.3, -0.25) is 4.79 Å². The van der Waals surface area contributed by atoms with E-state index in [1.165, 1.54) is 0 Å². The van der Waals surface area contributed by atoms with Crippen LogP contribution in [0.3, 0.4) is 0 Å². The SMILES string of the molecule is C#CC(=O)C1(c2ccccc2)CCOCC1. The van der Waals surface area contributed by atoms with Gasteiger partial charge in [-0.2, -0.15) is 0 Å². The molecule has 1 fully saturated rings. The lowest BCUT2D eigenvalue weighted by molar-refractivity contribution is -0.122. The van der Waals surface area contributed by atoms with Crippen molar-refractivity contribution in [2.45, 2.75) is 18.3 Å². The first-order valence-corrected chi connectivity index (χ1v) is 5.44. The highest BCUT2D eigenvalue weighted by Gasteiger charge is 2.40. The van der Waals surface area contributed by atoms with E-state index in [1.807, 2.05) is 30.3 Å². The molecule has 1 aromatic carbocycles. The van der Waals surface area contributed by atoms with Crippen molar-refractivity contribution >= 4 is 5.78 Å². The molecule has 2 rings (SSSR count). The zero-order chi connectivity index (χ0) is 11.4. The van der Waals surface area contributed by atoms with E-state index in [1.54, 1.807) is 0 Å². The molecule has 0 unspecified atom stereocenters. The molecule has 2 heteroatoms. The van der Waals surface area contributed by atoms with E-state index in [0.717, 1.165) is 5.56 Å². The minimum atomic E-state index is -0.520. The maximum Gasteiger partial charge on any atom is 0.215 e. The van der Waals surface area contributed by atoms with Gasteiger partial charge in [-0.25, -0.2) is 0 Å². The highest BCUT2D eigenvalue weighted by molar-refractivity contribution is 6.03. The number of carbonyl (C=O) groups is 1. The highest BCUT2D eigenvalue weighted by atomic mass is 16.5. The normalized spacial score (nSPS) is 18.7. The molecule has 82 valence electrons. The maximum atomic E-state index is 12.0. The van der Waals surface area contributed by atoms with Crippen LogP contribution in [0.25, 0.3) is 0 Å². The van der Waals surface area contributed by atoms with Gasteiger partial charge in [-0.15, -0.1) is 6.42 Å². The molecular formula is C14H14O2. The number of carbonyl (C=O) groups excluding carboxylic acids is 1. The number of terminal acetylenes is 1. The molecule has 0 saturated carbocycles. The predicted molar refractivity (Wildman–Crippen MR) is 62.0 cm³/mol. The number of ether oxygens (including phenoxy) is 1. The Morgan fingerprint density at radius 3 is 2.44 bits per heavy atom. The van der Waals surface area contributed by atoms with Crippen LogP contribution in [0.2, 0.25) is 0 Å². The van der Waals surface area contributed by atoms with Crippen LogP contribution in [-0.2, 0) is 14.9 Å². The molecule has 0 atom stereocenters. The number of hydrogen-bond acceptors (Lipinski definition) is 2. The third kappa shape index (κ3) is 1.75. The second kappa shape index (κ2) is 4.51. The van der Waals surface area contributed by atoms with E-state index in [-0.39, 0.29) is 5.78 Å². The van der Waals surface area contributed by atoms with Crippen LogP contribution in [-0.4, -0.2) is 19.0 Å². The fraction of sp³-hybridized carbons (Fsp3) is 0.357. The maximum absolute atomic E-state index is 12.0. The van der Waals surface area contributed by atoms with Gasteiger partial charge in [0.25, 0.3) is 0 Å². The number of ketones is 1. The van der Waals surface area contributed by atoms with Crippen LogP contribution in [0.1, 0.15) is 18.4 Å². The summed E-state index contributed by atoms with van der Waals surface area (Å²) < 4.78 is 5.32. The van der Waals surface area contributed by atoms with Gasteiger partial charge >= 0.3 is 0 Å². The van der Waals surface area contributed by atoms with Gasteiger partial charge in [-0.1, -0.05) is 30.3 Å². The molecule has 0 aliphatic carbocycles. The van der Waals surface area contributed by atoms with Gasteiger partial charge in [0, 0.05) is 13.2 Å². The van der Waals surface area contributed by atoms with Crippen molar-refractivity contribution in [2.75, 3.05) is 13.2 Å². The molecule has 0 bridgehead atoms. The Hall–Kier alpha value is -1.59. The Bertz CT molecular complexity index is 408. The van der Waals surface area contributed by atoms with Crippen molar-refractivity contribution < 1.29 is 9.53 Å². The molecule has 0 aromatic heterocycles. The third-order valence-electron chi connectivity index (χ3n) is 3.24. The van der Waals surface area contributed by atoms with Gasteiger partial charge < -0.3 is 4.74 Å². The molecule has 1 aromatic rings. The van der Waals surface area contributed by atoms with Gasteiger partial charge in [0.2, 0.25) is 5.78 Å². The van der Waals surface area contributed by atoms with Crippen molar-refractivity contribution in [1.29, 1.82) is 0 Å². The summed E-state index contributed by atoms with van der Waals surface area (Å²) in [6.07, 6.45) is 6.65. The average molecular weight is 214 g/mol. The summed E-state index contributed by atoms with van der Waals surface area (Å²) in [4.78, 5) is 12.0. The van der Waals surface area contributed by atoms with E-state index < -0.39 is 5.41 Å². The molecule has 1 aliphatic rings. The Morgan fingerprint density at radius 2 is 1.88 bits per heavy atom. The van der Waals surface area contributed by atoms with Crippen LogP contribution in [0, 0.1) is 12.3 Å². The van der Waals surface area contributed by atoms with Gasteiger partial charge in [0.15, 0.2) is 0 Å². The topological polar surface area (TPSA) is 26.3 Å². The highest BCUT2D eigenvalue weighted by Crippen LogP contribution is 2.35. The largest absolute Gasteiger partial charge is 0.381 e. The smallest absolute Gasteiger partial charge is 0.215 e. The fourth-order valence-corrected chi connectivity index (χ4v) is 2.26. The predicted octanol–water partition coefficient (Wildman–Crippen LogP) is 1.94. The Kier molecular flexibility index (Phi) is 3.07. The number of Topliss-reactive ketones (excluding diaryl/α,β-unsaturated/α-hetero) is 1. The quantitative estimate of drug-likeness (QED) is 0.555. The van der Waals surface area contributed by atoms with E-state index in [4.69, 9.17) is 11.2 Å². The van der Waals surface area contributed by atoms with Gasteiger partial charge in [-0.05, 0) is 24.3 Å². The molecule has 0 N–H and O–H groups in total. The Labute approximate surface area is 95.6 Å². The number of benzene rings is 1. The summed E-state index contributed by atoms with van der Waals surface area (Å²) in [5.74, 6) is 2.16. The van der Waals surface area contributed by atoms with Crippen molar-refractivity contribution in [3.63, 3.8) is 0 Å². The molecule has 1 heterocycles. The fourth-order valence-electron chi connectivity index (χ4n) is 2.26. The molecule has 1 aliphatic heterocycles. The lowest BCUT2D eigenvalue weighted by Gasteiger charge is -2.34. The molecular weight excluding hydrogens is 200 g/mol. The molecule has 1 saturated heterocycles. The van der Waals surface area contributed by atoms with Crippen LogP contribution < -0.4 is 0 Å². The molecule has 0 radical (unpaired) electrons. The van der Waals surface area contributed by atoms with Crippen molar-refractivity contribution in [3.8, 4) is 12.3 Å². The summed E-state index contributed by atoms with van der Waals surface area (Å²) in [7, 11) is 0. The summed E-state index contributed by atoms with van der Waals surface area (Å²) in [6, 6.07) is 9.77. The number of hydrogen-bond donors (Lipinski definition) is 0. The van der Waals surface area contributed by atoms with Crippen molar-refractivity contribution in [2.24, 2.45) is 0 Å².